The highest BCUT2D eigenvalue weighted by molar-refractivity contribution is 5.73. The number of hydrogen-bond donors (Lipinski definition) is 3. The lowest BCUT2D eigenvalue weighted by molar-refractivity contribution is -0.193. The molecule has 252 valence electrons. The summed E-state index contributed by atoms with van der Waals surface area (Å²) in [5.41, 5.74) is 3.07. The number of rotatable bonds is 4. The molecule has 0 aromatic carbocycles. The van der Waals surface area contributed by atoms with E-state index in [0.29, 0.717) is 5.41 Å². The third-order valence-corrected chi connectivity index (χ3v) is 6.40. The first-order valence-corrected chi connectivity index (χ1v) is 12.8. The summed E-state index contributed by atoms with van der Waals surface area (Å²) in [5.74, 6) is -8.27. The molecule has 2 aromatic rings. The third kappa shape index (κ3) is 15.5. The lowest BCUT2D eigenvalue weighted by Gasteiger charge is -2.39. The lowest BCUT2D eigenvalue weighted by Crippen LogP contribution is -2.41. The van der Waals surface area contributed by atoms with Crippen molar-refractivity contribution in [3.8, 4) is 0 Å². The Bertz CT molecular complexity index is 1150. The molecule has 0 aliphatic carbocycles. The number of piperidine rings is 1. The van der Waals surface area contributed by atoms with E-state index in [2.05, 4.69) is 38.0 Å². The molecule has 0 unspecified atom stereocenters. The summed E-state index contributed by atoms with van der Waals surface area (Å²) >= 11 is 0. The maximum atomic E-state index is 10.6. The van der Waals surface area contributed by atoms with Gasteiger partial charge in [0.15, 0.2) is 0 Å². The van der Waals surface area contributed by atoms with Crippen LogP contribution in [0.15, 0.2) is 48.9 Å². The number of likely N-dealkylation sites (tertiary alicyclic amines) is 2. The minimum Gasteiger partial charge on any atom is -0.475 e. The summed E-state index contributed by atoms with van der Waals surface area (Å²) < 4.78 is 95.2. The monoisotopic (exact) mass is 664 g/mol. The van der Waals surface area contributed by atoms with Crippen LogP contribution in [0.3, 0.4) is 0 Å². The van der Waals surface area contributed by atoms with E-state index in [1.165, 1.54) is 56.7 Å². The second kappa shape index (κ2) is 16.9. The van der Waals surface area contributed by atoms with Gasteiger partial charge < -0.3 is 15.3 Å². The van der Waals surface area contributed by atoms with Gasteiger partial charge in [0, 0.05) is 38.2 Å². The van der Waals surface area contributed by atoms with Crippen molar-refractivity contribution >= 4 is 17.9 Å². The number of halogens is 9. The van der Waals surface area contributed by atoms with Crippen LogP contribution < -0.4 is 0 Å². The molecule has 19 heteroatoms. The molecule has 2 aliphatic rings. The maximum Gasteiger partial charge on any atom is 0.490 e. The highest BCUT2D eigenvalue weighted by Crippen LogP contribution is 2.41. The van der Waals surface area contributed by atoms with Crippen molar-refractivity contribution in [1.29, 1.82) is 0 Å². The van der Waals surface area contributed by atoms with Gasteiger partial charge in [0.1, 0.15) is 0 Å². The normalized spacial score (nSPS) is 16.6. The fourth-order valence-corrected chi connectivity index (χ4v) is 4.23. The van der Waals surface area contributed by atoms with E-state index in [4.69, 9.17) is 29.7 Å². The van der Waals surface area contributed by atoms with Crippen LogP contribution in [0.1, 0.15) is 30.5 Å². The van der Waals surface area contributed by atoms with Gasteiger partial charge in [-0.05, 0) is 68.1 Å². The van der Waals surface area contributed by atoms with Crippen molar-refractivity contribution in [3.05, 3.63) is 60.2 Å². The van der Waals surface area contributed by atoms with E-state index < -0.39 is 36.4 Å². The van der Waals surface area contributed by atoms with Gasteiger partial charge in [-0.2, -0.15) is 39.5 Å². The number of alkyl halides is 9. The smallest absolute Gasteiger partial charge is 0.475 e. The molecule has 0 bridgehead atoms. The summed E-state index contributed by atoms with van der Waals surface area (Å²) in [7, 11) is 0. The number of nitrogens with zero attached hydrogens (tertiary/aromatic N) is 4. The molecule has 0 saturated carbocycles. The van der Waals surface area contributed by atoms with Crippen LogP contribution in [0.4, 0.5) is 39.5 Å². The molecule has 0 atom stereocenters. The molecule has 1 spiro atoms. The lowest BCUT2D eigenvalue weighted by atomic mass is 9.78. The SMILES string of the molecule is O=C(O)C(F)(F)F.O=C(O)C(F)(F)F.O=C(O)C(F)(F)F.c1ccc(CN2CCC3(CC2)CCN(Cc2cccnc2)C3)nc1. The van der Waals surface area contributed by atoms with E-state index >= 15 is 0 Å². The first kappa shape index (κ1) is 39.0. The Morgan fingerprint density at radius 1 is 0.689 bits per heavy atom. The third-order valence-electron chi connectivity index (χ3n) is 6.40. The second-order valence-electron chi connectivity index (χ2n) is 9.83. The van der Waals surface area contributed by atoms with Crippen LogP contribution in [0.25, 0.3) is 0 Å². The average Bonchev–Trinajstić information content (AvgIpc) is 3.32. The fraction of sp³-hybridized carbons (Fsp3) is 0.500. The van der Waals surface area contributed by atoms with Gasteiger partial charge in [-0.3, -0.25) is 19.8 Å². The molecule has 2 saturated heterocycles. The topological polar surface area (TPSA) is 144 Å². The number of hydrogen-bond acceptors (Lipinski definition) is 7. The van der Waals surface area contributed by atoms with Crippen LogP contribution >= 0.6 is 0 Å². The quantitative estimate of drug-likeness (QED) is 0.388. The largest absolute Gasteiger partial charge is 0.490 e. The molecule has 3 N–H and O–H groups in total. The summed E-state index contributed by atoms with van der Waals surface area (Å²) in [5, 5.41) is 21.4. The molecule has 45 heavy (non-hydrogen) atoms. The Balaban J connectivity index is 0.000000396. The highest BCUT2D eigenvalue weighted by atomic mass is 19.4. The van der Waals surface area contributed by atoms with Gasteiger partial charge in [0.2, 0.25) is 0 Å². The molecule has 4 rings (SSSR count). The van der Waals surface area contributed by atoms with Crippen molar-refractivity contribution in [2.75, 3.05) is 26.2 Å². The molecule has 0 radical (unpaired) electrons. The standard InChI is InChI=1S/C20H26N4.3C2HF3O2/c1-2-10-22-19(5-1)16-23-11-6-20(7-12-23)8-13-24(17-20)15-18-4-3-9-21-14-18;3*3-2(4,5)1(6)7/h1-5,9-10,14H,6-8,11-13,15-17H2;3*(H,6,7). The Morgan fingerprint density at radius 2 is 1.16 bits per heavy atom. The zero-order chi connectivity index (χ0) is 34.5. The molecule has 2 aliphatic heterocycles. The van der Waals surface area contributed by atoms with Gasteiger partial charge in [0.25, 0.3) is 0 Å². The Labute approximate surface area is 250 Å². The first-order chi connectivity index (χ1) is 20.6. The van der Waals surface area contributed by atoms with Crippen molar-refractivity contribution in [2.45, 2.75) is 50.9 Å². The van der Waals surface area contributed by atoms with Crippen LogP contribution in [0, 0.1) is 5.41 Å². The number of carboxylic acids is 3. The average molecular weight is 665 g/mol. The molecule has 2 aromatic heterocycles. The predicted octanol–water partition coefficient (Wildman–Crippen LogP) is 4.86. The minimum atomic E-state index is -5.08. The summed E-state index contributed by atoms with van der Waals surface area (Å²) in [6, 6.07) is 10.4. The second-order valence-corrected chi connectivity index (χ2v) is 9.83. The van der Waals surface area contributed by atoms with Crippen LogP contribution in [0.2, 0.25) is 0 Å². The van der Waals surface area contributed by atoms with E-state index in [0.717, 1.165) is 13.1 Å². The van der Waals surface area contributed by atoms with Gasteiger partial charge in [-0.1, -0.05) is 12.1 Å². The number of aliphatic carboxylic acids is 3. The first-order valence-electron chi connectivity index (χ1n) is 12.8. The van der Waals surface area contributed by atoms with Crippen molar-refractivity contribution in [2.24, 2.45) is 5.41 Å². The zero-order valence-electron chi connectivity index (χ0n) is 23.2. The van der Waals surface area contributed by atoms with Gasteiger partial charge in [0.05, 0.1) is 5.69 Å². The molecule has 10 nitrogen and oxygen atoms in total. The van der Waals surface area contributed by atoms with E-state index in [1.54, 1.807) is 0 Å². The number of aromatic nitrogens is 2. The van der Waals surface area contributed by atoms with Gasteiger partial charge in [-0.15, -0.1) is 0 Å². The number of carboxylic acid groups (broad SMARTS) is 3. The zero-order valence-corrected chi connectivity index (χ0v) is 23.2. The Kier molecular flexibility index (Phi) is 14.7. The fourth-order valence-electron chi connectivity index (χ4n) is 4.23. The number of pyridine rings is 2. The van der Waals surface area contributed by atoms with Gasteiger partial charge in [-0.25, -0.2) is 14.4 Å². The van der Waals surface area contributed by atoms with E-state index in [1.807, 2.05) is 30.7 Å². The van der Waals surface area contributed by atoms with Gasteiger partial charge >= 0.3 is 36.4 Å². The Morgan fingerprint density at radius 3 is 1.53 bits per heavy atom. The molecular weight excluding hydrogens is 635 g/mol. The number of carbonyl (C=O) groups is 3. The highest BCUT2D eigenvalue weighted by Gasteiger charge is 2.41. The molecular formula is C26H29F9N4O6. The van der Waals surface area contributed by atoms with Crippen molar-refractivity contribution < 1.29 is 69.2 Å². The minimum absolute atomic E-state index is 0.544. The van der Waals surface area contributed by atoms with Crippen LogP contribution in [0.5, 0.6) is 0 Å². The van der Waals surface area contributed by atoms with Crippen molar-refractivity contribution in [1.82, 2.24) is 19.8 Å². The van der Waals surface area contributed by atoms with E-state index in [9.17, 15) is 39.5 Å². The van der Waals surface area contributed by atoms with Crippen molar-refractivity contribution in [3.63, 3.8) is 0 Å². The van der Waals surface area contributed by atoms with Crippen LogP contribution in [-0.2, 0) is 27.5 Å². The Hall–Kier alpha value is -4.00. The van der Waals surface area contributed by atoms with Crippen LogP contribution in [-0.4, -0.2) is 97.7 Å². The predicted molar refractivity (Wildman–Crippen MR) is 136 cm³/mol. The maximum absolute atomic E-state index is 10.6. The molecule has 0 amide bonds. The summed E-state index contributed by atoms with van der Waals surface area (Å²) in [6.45, 7) is 6.94. The molecule has 2 fully saturated rings. The molecule has 4 heterocycles. The summed E-state index contributed by atoms with van der Waals surface area (Å²) in [4.78, 5) is 40.6. The summed E-state index contributed by atoms with van der Waals surface area (Å²) in [6.07, 6.45) is -5.50. The van der Waals surface area contributed by atoms with E-state index in [-0.39, 0.29) is 0 Å².